The Balaban J connectivity index is 0.000000379. The van der Waals surface area contributed by atoms with Gasteiger partial charge in [0.1, 0.15) is 0 Å². The number of fused-ring (bicyclic) bond motifs is 1. The van der Waals surface area contributed by atoms with Gasteiger partial charge in [0.15, 0.2) is 0 Å². The summed E-state index contributed by atoms with van der Waals surface area (Å²) in [6.45, 7) is 10.1. The molecule has 2 rings (SSSR count). The van der Waals surface area contributed by atoms with Crippen molar-refractivity contribution < 1.29 is 0 Å². The van der Waals surface area contributed by atoms with Crippen LogP contribution in [0.1, 0.15) is 34.6 Å². The zero-order chi connectivity index (χ0) is 11.0. The van der Waals surface area contributed by atoms with Gasteiger partial charge < -0.3 is 10.6 Å². The summed E-state index contributed by atoms with van der Waals surface area (Å²) >= 11 is 0. The maximum atomic E-state index is 3.29. The van der Waals surface area contributed by atoms with Crippen molar-refractivity contribution in [3.63, 3.8) is 0 Å². The SMILES string of the molecule is CC.CC.CC1Nc2ccccc2N1. The fourth-order valence-corrected chi connectivity index (χ4v) is 1.24. The second-order valence-corrected chi connectivity index (χ2v) is 2.56. The summed E-state index contributed by atoms with van der Waals surface area (Å²) in [6, 6.07) is 8.22. The molecule has 0 aliphatic carbocycles. The van der Waals surface area contributed by atoms with E-state index < -0.39 is 0 Å². The molecule has 0 aromatic heterocycles. The van der Waals surface area contributed by atoms with Crippen LogP contribution < -0.4 is 10.6 Å². The third kappa shape index (κ3) is 3.29. The summed E-state index contributed by atoms with van der Waals surface area (Å²) in [7, 11) is 0. The summed E-state index contributed by atoms with van der Waals surface area (Å²) < 4.78 is 0. The van der Waals surface area contributed by atoms with Gasteiger partial charge in [-0.1, -0.05) is 39.8 Å². The number of hydrogen-bond acceptors (Lipinski definition) is 2. The molecule has 0 atom stereocenters. The Kier molecular flexibility index (Phi) is 6.63. The largest absolute Gasteiger partial charge is 0.364 e. The Morgan fingerprint density at radius 3 is 1.57 bits per heavy atom. The molecule has 80 valence electrons. The molecular formula is C12H22N2. The molecule has 1 aliphatic heterocycles. The van der Waals surface area contributed by atoms with Crippen molar-refractivity contribution in [3.05, 3.63) is 24.3 Å². The lowest BCUT2D eigenvalue weighted by atomic mass is 10.3. The van der Waals surface area contributed by atoms with Gasteiger partial charge in [0.2, 0.25) is 0 Å². The van der Waals surface area contributed by atoms with Gasteiger partial charge in [-0.2, -0.15) is 0 Å². The first-order chi connectivity index (χ1) is 6.86. The molecule has 2 N–H and O–H groups in total. The molecule has 1 heterocycles. The van der Waals surface area contributed by atoms with Gasteiger partial charge >= 0.3 is 0 Å². The average molecular weight is 194 g/mol. The van der Waals surface area contributed by atoms with Crippen LogP contribution in [0.25, 0.3) is 0 Å². The van der Waals surface area contributed by atoms with Crippen LogP contribution >= 0.6 is 0 Å². The number of nitrogens with one attached hydrogen (secondary N) is 2. The predicted molar refractivity (Wildman–Crippen MR) is 65.8 cm³/mol. The highest BCUT2D eigenvalue weighted by molar-refractivity contribution is 5.73. The van der Waals surface area contributed by atoms with Crippen LogP contribution in [0.5, 0.6) is 0 Å². The average Bonchev–Trinajstić information content (AvgIpc) is 2.64. The first-order valence-corrected chi connectivity index (χ1v) is 5.48. The lowest BCUT2D eigenvalue weighted by molar-refractivity contribution is 0.956. The van der Waals surface area contributed by atoms with Crippen molar-refractivity contribution in [1.82, 2.24) is 0 Å². The third-order valence-electron chi connectivity index (χ3n) is 1.67. The Morgan fingerprint density at radius 1 is 0.857 bits per heavy atom. The number of anilines is 2. The van der Waals surface area contributed by atoms with Crippen molar-refractivity contribution in [2.75, 3.05) is 10.6 Å². The predicted octanol–water partition coefficient (Wildman–Crippen LogP) is 3.92. The van der Waals surface area contributed by atoms with E-state index >= 15 is 0 Å². The summed E-state index contributed by atoms with van der Waals surface area (Å²) in [5, 5.41) is 6.57. The van der Waals surface area contributed by atoms with Crippen LogP contribution in [0, 0.1) is 0 Å². The zero-order valence-corrected chi connectivity index (χ0v) is 9.89. The van der Waals surface area contributed by atoms with Crippen molar-refractivity contribution in [2.24, 2.45) is 0 Å². The summed E-state index contributed by atoms with van der Waals surface area (Å²) in [5.74, 6) is 0. The van der Waals surface area contributed by atoms with Crippen LogP contribution in [0.2, 0.25) is 0 Å². The maximum Gasteiger partial charge on any atom is 0.0935 e. The molecule has 0 bridgehead atoms. The molecule has 0 fully saturated rings. The molecule has 0 spiro atoms. The van der Waals surface area contributed by atoms with E-state index in [0.717, 1.165) is 0 Å². The number of benzene rings is 1. The molecule has 14 heavy (non-hydrogen) atoms. The minimum Gasteiger partial charge on any atom is -0.364 e. The summed E-state index contributed by atoms with van der Waals surface area (Å²) in [4.78, 5) is 0. The van der Waals surface area contributed by atoms with Gasteiger partial charge in [0.05, 0.1) is 17.5 Å². The van der Waals surface area contributed by atoms with Crippen LogP contribution in [0.4, 0.5) is 11.4 Å². The second kappa shape index (κ2) is 7.25. The molecule has 0 amide bonds. The minimum atomic E-state index is 0.373. The molecule has 1 aromatic carbocycles. The number of rotatable bonds is 0. The first kappa shape index (κ1) is 12.8. The fraction of sp³-hybridized carbons (Fsp3) is 0.500. The maximum absolute atomic E-state index is 3.29. The Hall–Kier alpha value is -1.18. The third-order valence-corrected chi connectivity index (χ3v) is 1.67. The zero-order valence-electron chi connectivity index (χ0n) is 9.89. The van der Waals surface area contributed by atoms with E-state index in [9.17, 15) is 0 Å². The topological polar surface area (TPSA) is 24.1 Å². The van der Waals surface area contributed by atoms with Gasteiger partial charge in [-0.3, -0.25) is 0 Å². The smallest absolute Gasteiger partial charge is 0.0935 e. The van der Waals surface area contributed by atoms with E-state index in [0.29, 0.717) is 6.17 Å². The monoisotopic (exact) mass is 194 g/mol. The normalized spacial score (nSPS) is 12.1. The molecule has 1 aliphatic rings. The lowest BCUT2D eigenvalue weighted by Crippen LogP contribution is -2.16. The molecular weight excluding hydrogens is 172 g/mol. The van der Waals surface area contributed by atoms with Crippen LogP contribution in [-0.2, 0) is 0 Å². The standard InChI is InChI=1S/C8H10N2.2C2H6/c1-6-9-7-4-2-3-5-8(7)10-6;2*1-2/h2-6,9-10H,1H3;2*1-2H3. The molecule has 0 saturated heterocycles. The molecule has 0 radical (unpaired) electrons. The van der Waals surface area contributed by atoms with Gasteiger partial charge in [-0.25, -0.2) is 0 Å². The van der Waals surface area contributed by atoms with Gasteiger partial charge in [-0.05, 0) is 19.1 Å². The van der Waals surface area contributed by atoms with Crippen LogP contribution in [-0.4, -0.2) is 6.17 Å². The molecule has 2 nitrogen and oxygen atoms in total. The highest BCUT2D eigenvalue weighted by atomic mass is 15.2. The quantitative estimate of drug-likeness (QED) is 0.654. The summed E-state index contributed by atoms with van der Waals surface area (Å²) in [5.41, 5.74) is 2.41. The fourth-order valence-electron chi connectivity index (χ4n) is 1.24. The minimum absolute atomic E-state index is 0.373. The summed E-state index contributed by atoms with van der Waals surface area (Å²) in [6.07, 6.45) is 0.373. The highest BCUT2D eigenvalue weighted by Crippen LogP contribution is 2.27. The Bertz CT molecular complexity index is 221. The molecule has 1 aromatic rings. The van der Waals surface area contributed by atoms with Gasteiger partial charge in [0.25, 0.3) is 0 Å². The van der Waals surface area contributed by atoms with E-state index in [1.807, 2.05) is 39.8 Å². The first-order valence-electron chi connectivity index (χ1n) is 5.48. The van der Waals surface area contributed by atoms with E-state index in [4.69, 9.17) is 0 Å². The van der Waals surface area contributed by atoms with Crippen molar-refractivity contribution in [2.45, 2.75) is 40.8 Å². The van der Waals surface area contributed by atoms with Crippen LogP contribution in [0.3, 0.4) is 0 Å². The number of para-hydroxylation sites is 2. The van der Waals surface area contributed by atoms with E-state index in [1.54, 1.807) is 0 Å². The van der Waals surface area contributed by atoms with Crippen molar-refractivity contribution in [1.29, 1.82) is 0 Å². The number of hydrogen-bond donors (Lipinski definition) is 2. The Morgan fingerprint density at radius 2 is 1.21 bits per heavy atom. The molecule has 0 unspecified atom stereocenters. The molecule has 2 heteroatoms. The van der Waals surface area contributed by atoms with Crippen molar-refractivity contribution in [3.8, 4) is 0 Å². The molecule has 0 saturated carbocycles. The van der Waals surface area contributed by atoms with Gasteiger partial charge in [-0.15, -0.1) is 0 Å². The van der Waals surface area contributed by atoms with E-state index in [-0.39, 0.29) is 0 Å². The van der Waals surface area contributed by atoms with Gasteiger partial charge in [0, 0.05) is 0 Å². The second-order valence-electron chi connectivity index (χ2n) is 2.56. The van der Waals surface area contributed by atoms with E-state index in [2.05, 4.69) is 29.7 Å². The highest BCUT2D eigenvalue weighted by Gasteiger charge is 2.12. The van der Waals surface area contributed by atoms with Crippen molar-refractivity contribution >= 4 is 11.4 Å². The Labute approximate surface area is 87.7 Å². The van der Waals surface area contributed by atoms with Crippen LogP contribution in [0.15, 0.2) is 24.3 Å². The van der Waals surface area contributed by atoms with E-state index in [1.165, 1.54) is 11.4 Å². The lowest BCUT2D eigenvalue weighted by Gasteiger charge is -2.01.